The minimum Gasteiger partial charge on any atom is -0.489 e. The highest BCUT2D eigenvalue weighted by atomic mass is 32.1. The maximum absolute atomic E-state index is 12.0. The van der Waals surface area contributed by atoms with Crippen LogP contribution in [-0.4, -0.2) is 41.5 Å². The minimum atomic E-state index is -0.111. The van der Waals surface area contributed by atoms with Crippen molar-refractivity contribution < 1.29 is 9.53 Å². The predicted molar refractivity (Wildman–Crippen MR) is 125 cm³/mol. The molecule has 1 fully saturated rings. The van der Waals surface area contributed by atoms with Crippen molar-refractivity contribution >= 4 is 17.2 Å². The molecular formula is C25H29N3O2S. The van der Waals surface area contributed by atoms with E-state index in [9.17, 15) is 4.79 Å². The van der Waals surface area contributed by atoms with E-state index in [0.29, 0.717) is 17.3 Å². The van der Waals surface area contributed by atoms with Gasteiger partial charge in [-0.2, -0.15) is 0 Å². The zero-order valence-electron chi connectivity index (χ0n) is 17.9. The number of benzene rings is 2. The summed E-state index contributed by atoms with van der Waals surface area (Å²) in [6.45, 7) is 5.65. The zero-order chi connectivity index (χ0) is 21.5. The molecule has 1 saturated heterocycles. The molecule has 1 aliphatic rings. The van der Waals surface area contributed by atoms with Gasteiger partial charge in [-0.1, -0.05) is 42.5 Å². The first kappa shape index (κ1) is 21.5. The summed E-state index contributed by atoms with van der Waals surface area (Å²) < 4.78 is 5.95. The van der Waals surface area contributed by atoms with Crippen LogP contribution in [0.1, 0.15) is 46.5 Å². The molecule has 0 aliphatic carbocycles. The summed E-state index contributed by atoms with van der Waals surface area (Å²) in [5, 5.41) is 2.89. The SMILES string of the molecule is C[C@H](CNC(=O)c1cncs1)Oc1ccc(CN2CCC(c3ccccc3)CC2)cc1. The first-order valence-corrected chi connectivity index (χ1v) is 11.7. The van der Waals surface area contributed by atoms with E-state index in [2.05, 4.69) is 57.7 Å². The number of aromatic nitrogens is 1. The second-order valence-electron chi connectivity index (χ2n) is 8.11. The molecule has 31 heavy (non-hydrogen) atoms. The van der Waals surface area contributed by atoms with Crippen LogP contribution in [0.5, 0.6) is 5.75 Å². The van der Waals surface area contributed by atoms with Crippen LogP contribution < -0.4 is 10.1 Å². The molecule has 1 atom stereocenters. The summed E-state index contributed by atoms with van der Waals surface area (Å²) in [5.41, 5.74) is 4.43. The number of nitrogens with zero attached hydrogens (tertiary/aromatic N) is 2. The van der Waals surface area contributed by atoms with Crippen LogP contribution in [0.3, 0.4) is 0 Å². The molecule has 3 aromatic rings. The van der Waals surface area contributed by atoms with Gasteiger partial charge in [0.2, 0.25) is 0 Å². The van der Waals surface area contributed by atoms with Gasteiger partial charge >= 0.3 is 0 Å². The largest absolute Gasteiger partial charge is 0.489 e. The highest BCUT2D eigenvalue weighted by Crippen LogP contribution is 2.28. The second kappa shape index (κ2) is 10.6. The Morgan fingerprint density at radius 1 is 1.16 bits per heavy atom. The predicted octanol–water partition coefficient (Wildman–Crippen LogP) is 4.72. The lowest BCUT2D eigenvalue weighted by Crippen LogP contribution is -2.33. The lowest BCUT2D eigenvalue weighted by molar-refractivity contribution is 0.0936. The van der Waals surface area contributed by atoms with Crippen molar-refractivity contribution in [2.45, 2.75) is 38.3 Å². The van der Waals surface area contributed by atoms with Crippen LogP contribution in [0.25, 0.3) is 0 Å². The number of rotatable bonds is 8. The molecule has 0 spiro atoms. The Kier molecular flexibility index (Phi) is 7.33. The maximum Gasteiger partial charge on any atom is 0.263 e. The van der Waals surface area contributed by atoms with Gasteiger partial charge in [-0.3, -0.25) is 14.7 Å². The topological polar surface area (TPSA) is 54.5 Å². The average molecular weight is 436 g/mol. The van der Waals surface area contributed by atoms with E-state index in [1.54, 1.807) is 11.7 Å². The molecule has 2 heterocycles. The fourth-order valence-corrected chi connectivity index (χ4v) is 4.54. The molecule has 1 amide bonds. The number of thiazole rings is 1. The summed E-state index contributed by atoms with van der Waals surface area (Å²) in [6, 6.07) is 19.2. The number of amides is 1. The highest BCUT2D eigenvalue weighted by Gasteiger charge is 2.20. The smallest absolute Gasteiger partial charge is 0.263 e. The van der Waals surface area contributed by atoms with Gasteiger partial charge in [0, 0.05) is 6.54 Å². The fourth-order valence-electron chi connectivity index (χ4n) is 4.01. The van der Waals surface area contributed by atoms with E-state index >= 15 is 0 Å². The summed E-state index contributed by atoms with van der Waals surface area (Å²) in [5.74, 6) is 1.40. The van der Waals surface area contributed by atoms with Gasteiger partial charge in [-0.15, -0.1) is 11.3 Å². The Morgan fingerprint density at radius 3 is 2.58 bits per heavy atom. The van der Waals surface area contributed by atoms with E-state index in [1.807, 2.05) is 19.1 Å². The molecule has 0 radical (unpaired) electrons. The lowest BCUT2D eigenvalue weighted by Gasteiger charge is -2.32. The first-order chi connectivity index (χ1) is 15.2. The number of hydrogen-bond donors (Lipinski definition) is 1. The van der Waals surface area contributed by atoms with Crippen LogP contribution in [0.15, 0.2) is 66.3 Å². The molecule has 5 nitrogen and oxygen atoms in total. The Hall–Kier alpha value is -2.70. The van der Waals surface area contributed by atoms with Crippen LogP contribution in [0, 0.1) is 0 Å². The first-order valence-electron chi connectivity index (χ1n) is 10.9. The third-order valence-corrected chi connectivity index (χ3v) is 6.50. The monoisotopic (exact) mass is 435 g/mol. The summed E-state index contributed by atoms with van der Waals surface area (Å²) in [6.07, 6.45) is 3.90. The van der Waals surface area contributed by atoms with Gasteiger partial charge in [0.15, 0.2) is 0 Å². The van der Waals surface area contributed by atoms with Gasteiger partial charge in [-0.25, -0.2) is 0 Å². The van der Waals surface area contributed by atoms with Gasteiger partial charge in [0.05, 0.1) is 18.3 Å². The van der Waals surface area contributed by atoms with Crippen molar-refractivity contribution in [1.29, 1.82) is 0 Å². The number of hydrogen-bond acceptors (Lipinski definition) is 5. The molecule has 162 valence electrons. The molecule has 1 N–H and O–H groups in total. The van der Waals surface area contributed by atoms with E-state index < -0.39 is 0 Å². The summed E-state index contributed by atoms with van der Waals surface area (Å²) in [4.78, 5) is 19.1. The molecule has 6 heteroatoms. The Morgan fingerprint density at radius 2 is 1.90 bits per heavy atom. The molecule has 4 rings (SSSR count). The second-order valence-corrected chi connectivity index (χ2v) is 9.00. The van der Waals surface area contributed by atoms with Gasteiger partial charge in [0.1, 0.15) is 16.7 Å². The molecule has 0 unspecified atom stereocenters. The van der Waals surface area contributed by atoms with Crippen molar-refractivity contribution in [2.75, 3.05) is 19.6 Å². The zero-order valence-corrected chi connectivity index (χ0v) is 18.7. The maximum atomic E-state index is 12.0. The number of likely N-dealkylation sites (tertiary alicyclic amines) is 1. The van der Waals surface area contributed by atoms with Gasteiger partial charge in [-0.05, 0) is 62.0 Å². The van der Waals surface area contributed by atoms with E-state index in [1.165, 1.54) is 35.3 Å². The van der Waals surface area contributed by atoms with Crippen LogP contribution >= 0.6 is 11.3 Å². The van der Waals surface area contributed by atoms with Crippen molar-refractivity contribution in [3.63, 3.8) is 0 Å². The lowest BCUT2D eigenvalue weighted by atomic mass is 9.89. The third-order valence-electron chi connectivity index (χ3n) is 5.73. The molecule has 0 saturated carbocycles. The fraction of sp³-hybridized carbons (Fsp3) is 0.360. The van der Waals surface area contributed by atoms with Crippen LogP contribution in [0.4, 0.5) is 0 Å². The van der Waals surface area contributed by atoms with Crippen molar-refractivity contribution in [1.82, 2.24) is 15.2 Å². The number of ether oxygens (including phenoxy) is 1. The third kappa shape index (κ3) is 6.15. The van der Waals surface area contributed by atoms with E-state index in [0.717, 1.165) is 25.4 Å². The molecule has 2 aromatic carbocycles. The van der Waals surface area contributed by atoms with Gasteiger partial charge < -0.3 is 10.1 Å². The number of carbonyl (C=O) groups excluding carboxylic acids is 1. The van der Waals surface area contributed by atoms with Gasteiger partial charge in [0.25, 0.3) is 5.91 Å². The normalized spacial score (nSPS) is 16.0. The molecule has 0 bridgehead atoms. The van der Waals surface area contributed by atoms with E-state index in [4.69, 9.17) is 4.74 Å². The highest BCUT2D eigenvalue weighted by molar-refractivity contribution is 7.11. The molecule has 1 aromatic heterocycles. The quantitative estimate of drug-likeness (QED) is 0.556. The van der Waals surface area contributed by atoms with Crippen molar-refractivity contribution in [3.8, 4) is 5.75 Å². The standard InChI is InChI=1S/C25H29N3O2S/c1-19(15-27-25(29)24-16-26-18-31-24)30-23-9-7-20(8-10-23)17-28-13-11-22(12-14-28)21-5-3-2-4-6-21/h2-10,16,18-19,22H,11-15,17H2,1H3,(H,27,29)/t19-/m1/s1. The number of carbonyl (C=O) groups is 1. The minimum absolute atomic E-state index is 0.107. The van der Waals surface area contributed by atoms with Crippen LogP contribution in [0.2, 0.25) is 0 Å². The molecular weight excluding hydrogens is 406 g/mol. The van der Waals surface area contributed by atoms with Crippen molar-refractivity contribution in [3.05, 3.63) is 82.3 Å². The Labute approximate surface area is 188 Å². The van der Waals surface area contributed by atoms with E-state index in [-0.39, 0.29) is 12.0 Å². The molecule has 1 aliphatic heterocycles. The number of nitrogens with one attached hydrogen (secondary N) is 1. The Balaban J connectivity index is 1.20. The van der Waals surface area contributed by atoms with Crippen molar-refractivity contribution in [2.24, 2.45) is 0 Å². The summed E-state index contributed by atoms with van der Waals surface area (Å²) >= 11 is 1.33. The number of piperidine rings is 1. The summed E-state index contributed by atoms with van der Waals surface area (Å²) in [7, 11) is 0. The van der Waals surface area contributed by atoms with Crippen LogP contribution in [-0.2, 0) is 6.54 Å². The Bertz CT molecular complexity index is 937. The average Bonchev–Trinajstić information content (AvgIpc) is 3.35.